The van der Waals surface area contributed by atoms with Crippen LogP contribution in [0.15, 0.2) is 24.3 Å². The fourth-order valence-corrected chi connectivity index (χ4v) is 2.21. The molecule has 1 aromatic rings. The van der Waals surface area contributed by atoms with E-state index in [-0.39, 0.29) is 17.2 Å². The van der Waals surface area contributed by atoms with E-state index in [0.29, 0.717) is 6.54 Å². The highest BCUT2D eigenvalue weighted by Gasteiger charge is 2.22. The van der Waals surface area contributed by atoms with Crippen LogP contribution >= 0.6 is 0 Å². The molecular weight excluding hydrogens is 260 g/mol. The van der Waals surface area contributed by atoms with Gasteiger partial charge in [-0.3, -0.25) is 4.79 Å². The normalized spacial score (nSPS) is 14.6. The van der Waals surface area contributed by atoms with Crippen molar-refractivity contribution in [3.63, 3.8) is 0 Å². The first kappa shape index (κ1) is 17.7. The number of benzene rings is 1. The van der Waals surface area contributed by atoms with Crippen LogP contribution in [0.25, 0.3) is 0 Å². The van der Waals surface area contributed by atoms with Gasteiger partial charge in [0.25, 0.3) is 0 Å². The Morgan fingerprint density at radius 3 is 2.19 bits per heavy atom. The minimum Gasteiger partial charge on any atom is -0.340 e. The van der Waals surface area contributed by atoms with E-state index < -0.39 is 6.04 Å². The van der Waals surface area contributed by atoms with E-state index in [9.17, 15) is 4.79 Å². The summed E-state index contributed by atoms with van der Waals surface area (Å²) >= 11 is 0. The van der Waals surface area contributed by atoms with Gasteiger partial charge in [-0.15, -0.1) is 0 Å². The molecule has 1 amide bonds. The molecule has 0 aliphatic rings. The van der Waals surface area contributed by atoms with Crippen molar-refractivity contribution in [2.24, 2.45) is 11.7 Å². The summed E-state index contributed by atoms with van der Waals surface area (Å²) in [7, 11) is 1.82. The minimum absolute atomic E-state index is 0.0178. The van der Waals surface area contributed by atoms with E-state index in [2.05, 4.69) is 52.0 Å². The molecule has 2 unspecified atom stereocenters. The molecule has 0 heterocycles. The molecule has 3 nitrogen and oxygen atoms in total. The molecule has 21 heavy (non-hydrogen) atoms. The van der Waals surface area contributed by atoms with Crippen molar-refractivity contribution >= 4 is 5.91 Å². The summed E-state index contributed by atoms with van der Waals surface area (Å²) in [6.07, 6.45) is 0.918. The average molecular weight is 290 g/mol. The third-order valence-corrected chi connectivity index (χ3v) is 4.16. The number of nitrogens with zero attached hydrogens (tertiary/aromatic N) is 1. The summed E-state index contributed by atoms with van der Waals surface area (Å²) < 4.78 is 0. The average Bonchev–Trinajstić information content (AvgIpc) is 2.44. The van der Waals surface area contributed by atoms with Crippen molar-refractivity contribution in [3.8, 4) is 0 Å². The van der Waals surface area contributed by atoms with Crippen LogP contribution in [0.4, 0.5) is 0 Å². The van der Waals surface area contributed by atoms with Crippen LogP contribution in [0.1, 0.15) is 52.2 Å². The van der Waals surface area contributed by atoms with Crippen LogP contribution in [-0.2, 0) is 16.8 Å². The van der Waals surface area contributed by atoms with Gasteiger partial charge in [-0.1, -0.05) is 65.3 Å². The van der Waals surface area contributed by atoms with Gasteiger partial charge in [0.05, 0.1) is 6.04 Å². The first-order valence-corrected chi connectivity index (χ1v) is 7.76. The van der Waals surface area contributed by atoms with Gasteiger partial charge in [0.15, 0.2) is 0 Å². The van der Waals surface area contributed by atoms with Crippen molar-refractivity contribution < 1.29 is 4.79 Å². The lowest BCUT2D eigenvalue weighted by atomic mass is 9.87. The molecule has 0 aromatic heterocycles. The summed E-state index contributed by atoms with van der Waals surface area (Å²) in [6.45, 7) is 11.3. The molecular formula is C18H30N2O. The first-order chi connectivity index (χ1) is 9.66. The summed E-state index contributed by atoms with van der Waals surface area (Å²) in [5.74, 6) is 0.229. The Labute approximate surface area is 129 Å². The molecule has 0 saturated heterocycles. The topological polar surface area (TPSA) is 46.3 Å². The number of carbonyl (C=O) groups excluding carboxylic acids is 1. The fourth-order valence-electron chi connectivity index (χ4n) is 2.21. The molecule has 2 N–H and O–H groups in total. The minimum atomic E-state index is -0.408. The van der Waals surface area contributed by atoms with Gasteiger partial charge in [0.1, 0.15) is 0 Å². The van der Waals surface area contributed by atoms with E-state index in [1.165, 1.54) is 5.56 Å². The highest BCUT2D eigenvalue weighted by molar-refractivity contribution is 5.81. The number of rotatable bonds is 5. The standard InChI is InChI=1S/C18H30N2O/c1-7-13(2)16(19)17(21)20(6)12-14-8-10-15(11-9-14)18(3,4)5/h8-11,13,16H,7,12,19H2,1-6H3. The van der Waals surface area contributed by atoms with Crippen LogP contribution in [0.3, 0.4) is 0 Å². The molecule has 0 bridgehead atoms. The molecule has 0 aliphatic heterocycles. The first-order valence-electron chi connectivity index (χ1n) is 7.76. The second kappa shape index (κ2) is 7.08. The molecule has 3 heteroatoms. The van der Waals surface area contributed by atoms with E-state index in [4.69, 9.17) is 5.73 Å². The molecule has 118 valence electrons. The highest BCUT2D eigenvalue weighted by atomic mass is 16.2. The van der Waals surface area contributed by atoms with Gasteiger partial charge >= 0.3 is 0 Å². The molecule has 2 atom stereocenters. The fraction of sp³-hybridized carbons (Fsp3) is 0.611. The van der Waals surface area contributed by atoms with Gasteiger partial charge in [0, 0.05) is 13.6 Å². The third kappa shape index (κ3) is 4.85. The second-order valence-corrected chi connectivity index (χ2v) is 7.05. The predicted octanol–water partition coefficient (Wildman–Crippen LogP) is 3.32. The lowest BCUT2D eigenvalue weighted by Crippen LogP contribution is -2.45. The van der Waals surface area contributed by atoms with Crippen molar-refractivity contribution in [2.75, 3.05) is 7.05 Å². The lowest BCUT2D eigenvalue weighted by Gasteiger charge is -2.25. The number of amides is 1. The number of hydrogen-bond acceptors (Lipinski definition) is 2. The second-order valence-electron chi connectivity index (χ2n) is 7.05. The van der Waals surface area contributed by atoms with Crippen LogP contribution in [-0.4, -0.2) is 23.9 Å². The van der Waals surface area contributed by atoms with Crippen molar-refractivity contribution in [1.82, 2.24) is 4.90 Å². The van der Waals surface area contributed by atoms with Gasteiger partial charge in [-0.05, 0) is 22.5 Å². The Bertz CT molecular complexity index is 459. The van der Waals surface area contributed by atoms with E-state index in [0.717, 1.165) is 12.0 Å². The maximum Gasteiger partial charge on any atom is 0.239 e. The zero-order valence-electron chi connectivity index (χ0n) is 14.3. The Balaban J connectivity index is 2.71. The number of carbonyl (C=O) groups is 1. The number of hydrogen-bond donors (Lipinski definition) is 1. The molecule has 0 aliphatic carbocycles. The van der Waals surface area contributed by atoms with Crippen LogP contribution in [0.5, 0.6) is 0 Å². The molecule has 0 saturated carbocycles. The van der Waals surface area contributed by atoms with E-state index >= 15 is 0 Å². The zero-order chi connectivity index (χ0) is 16.2. The van der Waals surface area contributed by atoms with Crippen molar-refractivity contribution in [3.05, 3.63) is 35.4 Å². The summed E-state index contributed by atoms with van der Waals surface area (Å²) in [4.78, 5) is 14.0. The Morgan fingerprint density at radius 1 is 1.24 bits per heavy atom. The summed E-state index contributed by atoms with van der Waals surface area (Å²) in [5.41, 5.74) is 8.60. The molecule has 0 radical (unpaired) electrons. The number of likely N-dealkylation sites (N-methyl/N-ethyl adjacent to an activating group) is 1. The summed E-state index contributed by atoms with van der Waals surface area (Å²) in [6, 6.07) is 8.07. The largest absolute Gasteiger partial charge is 0.340 e. The quantitative estimate of drug-likeness (QED) is 0.904. The Hall–Kier alpha value is -1.35. The van der Waals surface area contributed by atoms with Gasteiger partial charge in [-0.2, -0.15) is 0 Å². The predicted molar refractivity (Wildman–Crippen MR) is 89.0 cm³/mol. The smallest absolute Gasteiger partial charge is 0.239 e. The lowest BCUT2D eigenvalue weighted by molar-refractivity contribution is -0.132. The summed E-state index contributed by atoms with van der Waals surface area (Å²) in [5, 5.41) is 0. The Morgan fingerprint density at radius 2 is 1.76 bits per heavy atom. The Kier molecular flexibility index (Phi) is 5.97. The van der Waals surface area contributed by atoms with Crippen molar-refractivity contribution in [1.29, 1.82) is 0 Å². The molecule has 1 rings (SSSR count). The third-order valence-electron chi connectivity index (χ3n) is 4.16. The molecule has 0 fully saturated rings. The number of nitrogens with two attached hydrogens (primary N) is 1. The maximum absolute atomic E-state index is 12.3. The molecule has 1 aromatic carbocycles. The van der Waals surface area contributed by atoms with Gasteiger partial charge in [0.2, 0.25) is 5.91 Å². The van der Waals surface area contributed by atoms with Crippen LogP contribution in [0, 0.1) is 5.92 Å². The van der Waals surface area contributed by atoms with E-state index in [1.807, 2.05) is 14.0 Å². The van der Waals surface area contributed by atoms with Gasteiger partial charge in [-0.25, -0.2) is 0 Å². The molecule has 0 spiro atoms. The van der Waals surface area contributed by atoms with Crippen LogP contribution in [0.2, 0.25) is 0 Å². The monoisotopic (exact) mass is 290 g/mol. The SMILES string of the molecule is CCC(C)C(N)C(=O)N(C)Cc1ccc(C(C)(C)C)cc1. The van der Waals surface area contributed by atoms with E-state index in [1.54, 1.807) is 4.90 Å². The van der Waals surface area contributed by atoms with Crippen molar-refractivity contribution in [2.45, 2.75) is 59.0 Å². The highest BCUT2D eigenvalue weighted by Crippen LogP contribution is 2.22. The van der Waals surface area contributed by atoms with Gasteiger partial charge < -0.3 is 10.6 Å². The van der Waals surface area contributed by atoms with Crippen LogP contribution < -0.4 is 5.73 Å². The zero-order valence-corrected chi connectivity index (χ0v) is 14.3. The maximum atomic E-state index is 12.3.